The maximum atomic E-state index is 5.31. The Bertz CT molecular complexity index is 162. The summed E-state index contributed by atoms with van der Waals surface area (Å²) in [6, 6.07) is 0. The van der Waals surface area contributed by atoms with E-state index in [2.05, 4.69) is 24.8 Å². The van der Waals surface area contributed by atoms with Crippen LogP contribution >= 0.6 is 11.6 Å². The Morgan fingerprint density at radius 1 is 1.42 bits per heavy atom. The van der Waals surface area contributed by atoms with Crippen LogP contribution in [0.2, 0.25) is 0 Å². The molecule has 0 saturated heterocycles. The van der Waals surface area contributed by atoms with Crippen molar-refractivity contribution in [2.24, 2.45) is 5.92 Å². The van der Waals surface area contributed by atoms with Crippen LogP contribution in [0.1, 0.15) is 39.0 Å². The Balaban J connectivity index is 3.42. The highest BCUT2D eigenvalue weighted by Crippen LogP contribution is 2.10. The predicted molar refractivity (Wildman–Crippen MR) is 56.1 cm³/mol. The minimum Gasteiger partial charge on any atom is -0.102 e. The highest BCUT2D eigenvalue weighted by molar-refractivity contribution is 6.30. The molecule has 0 aliphatic rings. The van der Waals surface area contributed by atoms with Crippen molar-refractivity contribution in [2.45, 2.75) is 39.0 Å². The maximum absolute atomic E-state index is 5.31. The van der Waals surface area contributed by atoms with Gasteiger partial charge in [-0.2, -0.15) is 0 Å². The van der Waals surface area contributed by atoms with Gasteiger partial charge in [-0.1, -0.05) is 44.6 Å². The Morgan fingerprint density at radius 3 is 2.67 bits per heavy atom. The van der Waals surface area contributed by atoms with Crippen LogP contribution in [0.4, 0.5) is 0 Å². The first-order valence-electron chi connectivity index (χ1n) is 4.58. The monoisotopic (exact) mass is 184 g/mol. The minimum absolute atomic E-state index is 0.291. The number of hydrogen-bond donors (Lipinski definition) is 0. The second-order valence-electron chi connectivity index (χ2n) is 2.93. The molecule has 68 valence electrons. The third kappa shape index (κ3) is 6.31. The van der Waals surface area contributed by atoms with Gasteiger partial charge < -0.3 is 0 Å². The standard InChI is InChI=1S/C11H17Cl/c1-3-5-6-7-8-11(4-2)9-10-12/h4,11H,2-3,5-8H2,1H3. The molecule has 0 bridgehead atoms. The van der Waals surface area contributed by atoms with Gasteiger partial charge in [0.15, 0.2) is 0 Å². The van der Waals surface area contributed by atoms with Crippen molar-refractivity contribution in [2.75, 3.05) is 0 Å². The number of rotatable bonds is 6. The Kier molecular flexibility index (Phi) is 8.39. The zero-order valence-electron chi connectivity index (χ0n) is 7.78. The SMILES string of the molecule is C=CC(C#CCl)CCCCCC. The Labute approximate surface area is 81.0 Å². The van der Waals surface area contributed by atoms with E-state index in [0.717, 1.165) is 6.42 Å². The van der Waals surface area contributed by atoms with Crippen LogP contribution in [0, 0.1) is 17.2 Å². The van der Waals surface area contributed by atoms with E-state index < -0.39 is 0 Å². The molecule has 0 rings (SSSR count). The van der Waals surface area contributed by atoms with Gasteiger partial charge in [-0.05, 0) is 18.0 Å². The van der Waals surface area contributed by atoms with Crippen LogP contribution in [0.5, 0.6) is 0 Å². The summed E-state index contributed by atoms with van der Waals surface area (Å²) in [5, 5.41) is 2.41. The third-order valence-corrected chi connectivity index (χ3v) is 2.00. The summed E-state index contributed by atoms with van der Waals surface area (Å²) < 4.78 is 0. The molecule has 1 atom stereocenters. The second kappa shape index (κ2) is 8.68. The predicted octanol–water partition coefficient (Wildman–Crippen LogP) is 3.96. The van der Waals surface area contributed by atoms with Gasteiger partial charge in [0, 0.05) is 11.3 Å². The van der Waals surface area contributed by atoms with Crippen molar-refractivity contribution >= 4 is 11.6 Å². The molecule has 0 saturated carbocycles. The largest absolute Gasteiger partial charge is 0.102 e. The van der Waals surface area contributed by atoms with Gasteiger partial charge in [0.25, 0.3) is 0 Å². The lowest BCUT2D eigenvalue weighted by Gasteiger charge is -2.03. The molecule has 0 aliphatic carbocycles. The average Bonchev–Trinajstić information content (AvgIpc) is 2.10. The Hall–Kier alpha value is -0.410. The summed E-state index contributed by atoms with van der Waals surface area (Å²) >= 11 is 5.31. The molecule has 1 heteroatoms. The van der Waals surface area contributed by atoms with Gasteiger partial charge in [0.05, 0.1) is 0 Å². The molecule has 1 unspecified atom stereocenters. The molecule has 0 N–H and O–H groups in total. The minimum atomic E-state index is 0.291. The van der Waals surface area contributed by atoms with E-state index in [-0.39, 0.29) is 0 Å². The third-order valence-electron chi connectivity index (χ3n) is 1.89. The first-order chi connectivity index (χ1) is 5.85. The van der Waals surface area contributed by atoms with E-state index in [1.165, 1.54) is 25.7 Å². The van der Waals surface area contributed by atoms with Crippen molar-refractivity contribution in [3.63, 3.8) is 0 Å². The molecular weight excluding hydrogens is 168 g/mol. The first kappa shape index (κ1) is 11.6. The molecule has 0 nitrogen and oxygen atoms in total. The zero-order valence-corrected chi connectivity index (χ0v) is 8.53. The summed E-state index contributed by atoms with van der Waals surface area (Å²) in [7, 11) is 0. The van der Waals surface area contributed by atoms with Crippen molar-refractivity contribution in [1.29, 1.82) is 0 Å². The lowest BCUT2D eigenvalue weighted by Crippen LogP contribution is -1.91. The molecule has 0 fully saturated rings. The van der Waals surface area contributed by atoms with E-state index in [1.807, 2.05) is 6.08 Å². The van der Waals surface area contributed by atoms with Crippen molar-refractivity contribution in [1.82, 2.24) is 0 Å². The zero-order chi connectivity index (χ0) is 9.23. The summed E-state index contributed by atoms with van der Waals surface area (Å²) in [5.41, 5.74) is 0. The fraction of sp³-hybridized carbons (Fsp3) is 0.636. The fourth-order valence-electron chi connectivity index (χ4n) is 1.11. The first-order valence-corrected chi connectivity index (χ1v) is 4.96. The number of halogens is 1. The number of unbranched alkanes of at least 4 members (excludes halogenated alkanes) is 3. The molecule has 0 aliphatic heterocycles. The van der Waals surface area contributed by atoms with Gasteiger partial charge in [0.1, 0.15) is 0 Å². The molecular formula is C11H17Cl. The molecule has 0 spiro atoms. The summed E-state index contributed by atoms with van der Waals surface area (Å²) in [6.07, 6.45) is 8.10. The van der Waals surface area contributed by atoms with Gasteiger partial charge in [-0.3, -0.25) is 0 Å². The van der Waals surface area contributed by atoms with Gasteiger partial charge in [-0.15, -0.1) is 6.58 Å². The van der Waals surface area contributed by atoms with E-state index in [0.29, 0.717) is 5.92 Å². The maximum Gasteiger partial charge on any atom is 0.0392 e. The molecule has 0 radical (unpaired) electrons. The lowest BCUT2D eigenvalue weighted by atomic mass is 10.0. The van der Waals surface area contributed by atoms with Crippen LogP contribution in [0.25, 0.3) is 0 Å². The summed E-state index contributed by atoms with van der Waals surface area (Å²) in [4.78, 5) is 0. The Morgan fingerprint density at radius 2 is 2.17 bits per heavy atom. The van der Waals surface area contributed by atoms with Crippen molar-refractivity contribution in [3.8, 4) is 11.3 Å². The highest BCUT2D eigenvalue weighted by Gasteiger charge is 1.98. The molecule has 12 heavy (non-hydrogen) atoms. The van der Waals surface area contributed by atoms with Crippen LogP contribution in [-0.2, 0) is 0 Å². The molecule has 0 heterocycles. The fourth-order valence-corrected chi connectivity index (χ4v) is 1.25. The molecule has 0 amide bonds. The van der Waals surface area contributed by atoms with Crippen molar-refractivity contribution < 1.29 is 0 Å². The van der Waals surface area contributed by atoms with Crippen LogP contribution in [0.3, 0.4) is 0 Å². The van der Waals surface area contributed by atoms with Gasteiger partial charge in [0.2, 0.25) is 0 Å². The lowest BCUT2D eigenvalue weighted by molar-refractivity contribution is 0.599. The number of hydrogen-bond acceptors (Lipinski definition) is 0. The van der Waals surface area contributed by atoms with E-state index in [1.54, 1.807) is 0 Å². The molecule has 0 aromatic rings. The molecule has 0 aromatic carbocycles. The highest BCUT2D eigenvalue weighted by atomic mass is 35.5. The van der Waals surface area contributed by atoms with E-state index in [9.17, 15) is 0 Å². The van der Waals surface area contributed by atoms with Crippen LogP contribution in [-0.4, -0.2) is 0 Å². The number of allylic oxidation sites excluding steroid dienone is 1. The summed E-state index contributed by atoms with van der Waals surface area (Å²) in [5.74, 6) is 3.20. The van der Waals surface area contributed by atoms with Gasteiger partial charge in [-0.25, -0.2) is 0 Å². The van der Waals surface area contributed by atoms with Crippen LogP contribution < -0.4 is 0 Å². The topological polar surface area (TPSA) is 0 Å². The van der Waals surface area contributed by atoms with E-state index in [4.69, 9.17) is 11.6 Å². The smallest absolute Gasteiger partial charge is 0.0392 e. The molecule has 0 aromatic heterocycles. The van der Waals surface area contributed by atoms with Gasteiger partial charge >= 0.3 is 0 Å². The van der Waals surface area contributed by atoms with Crippen molar-refractivity contribution in [3.05, 3.63) is 12.7 Å². The summed E-state index contributed by atoms with van der Waals surface area (Å²) in [6.45, 7) is 5.93. The van der Waals surface area contributed by atoms with Crippen LogP contribution in [0.15, 0.2) is 12.7 Å². The second-order valence-corrected chi connectivity index (χ2v) is 3.12. The average molecular weight is 185 g/mol. The normalized spacial score (nSPS) is 11.5. The quantitative estimate of drug-likeness (QED) is 0.333. The van der Waals surface area contributed by atoms with E-state index >= 15 is 0 Å².